The Morgan fingerprint density at radius 1 is 1.11 bits per heavy atom. The normalized spacial score (nSPS) is 15.4. The van der Waals surface area contributed by atoms with Crippen molar-refractivity contribution in [2.45, 2.75) is 12.6 Å². The Balaban J connectivity index is 1.78. The van der Waals surface area contributed by atoms with Gasteiger partial charge >= 0.3 is 12.2 Å². The third-order valence-corrected chi connectivity index (χ3v) is 4.29. The van der Waals surface area contributed by atoms with Gasteiger partial charge in [0, 0.05) is 32.7 Å². The second-order valence-electron chi connectivity index (χ2n) is 6.01. The van der Waals surface area contributed by atoms with Crippen molar-refractivity contribution in [3.8, 4) is 0 Å². The maximum absolute atomic E-state index is 12.6. The number of alkyl halides is 3. The summed E-state index contributed by atoms with van der Waals surface area (Å²) in [5.41, 5.74) is 0.416. The molecule has 0 aromatic heterocycles. The van der Waals surface area contributed by atoms with Gasteiger partial charge in [-0.15, -0.1) is 0 Å². The summed E-state index contributed by atoms with van der Waals surface area (Å²) in [6, 6.07) is 6.38. The Morgan fingerprint density at radius 2 is 1.78 bits per heavy atom. The average Bonchev–Trinajstić information content (AvgIpc) is 2.86. The van der Waals surface area contributed by atoms with Crippen molar-refractivity contribution in [3.05, 3.63) is 34.9 Å². The highest BCUT2D eigenvalue weighted by atomic mass is 35.5. The molecule has 1 heterocycles. The molecule has 0 spiro atoms. The minimum Gasteiger partial charge on any atom is -0.370 e. The molecule has 1 saturated heterocycles. The molecule has 1 aliphatic rings. The van der Waals surface area contributed by atoms with Crippen LogP contribution in [0.15, 0.2) is 24.3 Å². The van der Waals surface area contributed by atoms with Crippen molar-refractivity contribution in [2.24, 2.45) is 0 Å². The molecule has 0 atom stereocenters. The van der Waals surface area contributed by atoms with Crippen LogP contribution in [0.3, 0.4) is 0 Å². The molecular weight excluding hydrogens is 387 g/mol. The number of ether oxygens (including phenoxy) is 1. The molecule has 0 unspecified atom stereocenters. The van der Waals surface area contributed by atoms with E-state index in [-0.39, 0.29) is 19.1 Å². The van der Waals surface area contributed by atoms with Crippen LogP contribution in [-0.4, -0.2) is 73.9 Å². The van der Waals surface area contributed by atoms with Crippen molar-refractivity contribution < 1.29 is 27.5 Å². The number of halogens is 4. The van der Waals surface area contributed by atoms with Gasteiger partial charge in [-0.1, -0.05) is 23.7 Å². The number of nitrogens with one attached hydrogen (secondary N) is 1. The summed E-state index contributed by atoms with van der Waals surface area (Å²) in [6.07, 6.45) is -3.79. The topological polar surface area (TPSA) is 61.9 Å². The zero-order chi connectivity index (χ0) is 19.9. The summed E-state index contributed by atoms with van der Waals surface area (Å²) < 4.78 is 40.3. The maximum Gasteiger partial charge on any atom is 0.411 e. The highest BCUT2D eigenvalue weighted by Gasteiger charge is 2.27. The molecule has 1 aromatic rings. The largest absolute Gasteiger partial charge is 0.411 e. The van der Waals surface area contributed by atoms with Crippen molar-refractivity contribution in [1.82, 2.24) is 15.1 Å². The van der Waals surface area contributed by atoms with Gasteiger partial charge in [-0.25, -0.2) is 4.79 Å². The van der Waals surface area contributed by atoms with E-state index in [0.717, 1.165) is 0 Å². The van der Waals surface area contributed by atoms with Gasteiger partial charge in [-0.2, -0.15) is 13.2 Å². The van der Waals surface area contributed by atoms with E-state index in [9.17, 15) is 22.8 Å². The Bertz CT molecular complexity index is 658. The zero-order valence-corrected chi connectivity index (χ0v) is 15.4. The van der Waals surface area contributed by atoms with Crippen LogP contribution in [0.25, 0.3) is 0 Å². The number of nitrogens with zero attached hydrogens (tertiary/aromatic N) is 2. The van der Waals surface area contributed by atoms with Gasteiger partial charge in [0.2, 0.25) is 0 Å². The third kappa shape index (κ3) is 6.91. The number of hydrogen-bond donors (Lipinski definition) is 1. The average molecular weight is 408 g/mol. The van der Waals surface area contributed by atoms with Crippen molar-refractivity contribution in [3.63, 3.8) is 0 Å². The van der Waals surface area contributed by atoms with Gasteiger partial charge in [-0.05, 0) is 18.6 Å². The molecule has 6 nitrogen and oxygen atoms in total. The number of rotatable bonds is 5. The SMILES string of the molecule is O=C(NCCOCC(F)(F)F)N1CCCN(C(=O)c2ccccc2Cl)CC1. The lowest BCUT2D eigenvalue weighted by Crippen LogP contribution is -2.43. The molecule has 10 heteroatoms. The predicted molar refractivity (Wildman–Crippen MR) is 93.8 cm³/mol. The van der Waals surface area contributed by atoms with Gasteiger partial charge < -0.3 is 19.9 Å². The summed E-state index contributed by atoms with van der Waals surface area (Å²) in [7, 11) is 0. The van der Waals surface area contributed by atoms with Gasteiger partial charge in [0.05, 0.1) is 17.2 Å². The molecule has 0 bridgehead atoms. The van der Waals surface area contributed by atoms with E-state index in [4.69, 9.17) is 11.6 Å². The monoisotopic (exact) mass is 407 g/mol. The number of hydrogen-bond acceptors (Lipinski definition) is 3. The Labute approximate surface area is 160 Å². The summed E-state index contributed by atoms with van der Waals surface area (Å²) >= 11 is 6.07. The molecule has 150 valence electrons. The van der Waals surface area contributed by atoms with Crippen LogP contribution in [0.1, 0.15) is 16.8 Å². The predicted octanol–water partition coefficient (Wildman–Crippen LogP) is 2.78. The number of benzene rings is 1. The molecule has 2 rings (SSSR count). The smallest absolute Gasteiger partial charge is 0.370 e. The van der Waals surface area contributed by atoms with Crippen LogP contribution in [-0.2, 0) is 4.74 Å². The lowest BCUT2D eigenvalue weighted by molar-refractivity contribution is -0.173. The summed E-state index contributed by atoms with van der Waals surface area (Å²) in [5, 5.41) is 2.90. The number of urea groups is 1. The second kappa shape index (κ2) is 9.80. The van der Waals surface area contributed by atoms with Crippen molar-refractivity contribution in [2.75, 3.05) is 45.9 Å². The van der Waals surface area contributed by atoms with E-state index in [1.165, 1.54) is 4.90 Å². The van der Waals surface area contributed by atoms with E-state index >= 15 is 0 Å². The van der Waals surface area contributed by atoms with Crippen molar-refractivity contribution >= 4 is 23.5 Å². The molecule has 0 saturated carbocycles. The van der Waals surface area contributed by atoms with Gasteiger partial charge in [0.15, 0.2) is 0 Å². The summed E-state index contributed by atoms with van der Waals surface area (Å²) in [6.45, 7) is 0.0210. The Hall–Kier alpha value is -2.00. The third-order valence-electron chi connectivity index (χ3n) is 3.96. The lowest BCUT2D eigenvalue weighted by Gasteiger charge is -2.23. The molecule has 1 aromatic carbocycles. The molecule has 1 N–H and O–H groups in total. The fourth-order valence-electron chi connectivity index (χ4n) is 2.66. The number of carbonyl (C=O) groups excluding carboxylic acids is 2. The standard InChI is InChI=1S/C17H21ClF3N3O3/c18-14-5-2-1-4-13(14)15(25)23-7-3-8-24(10-9-23)16(26)22-6-11-27-12-17(19,20)21/h1-2,4-5H,3,6-12H2,(H,22,26). The fraction of sp³-hybridized carbons (Fsp3) is 0.529. The molecule has 1 aliphatic heterocycles. The van der Waals surface area contributed by atoms with E-state index in [2.05, 4.69) is 10.1 Å². The molecule has 0 aliphatic carbocycles. The zero-order valence-electron chi connectivity index (χ0n) is 14.6. The first kappa shape index (κ1) is 21.3. The minimum atomic E-state index is -4.38. The van der Waals surface area contributed by atoms with E-state index in [0.29, 0.717) is 43.2 Å². The quantitative estimate of drug-likeness (QED) is 0.763. The van der Waals surface area contributed by atoms with Gasteiger partial charge in [0.1, 0.15) is 6.61 Å². The van der Waals surface area contributed by atoms with Gasteiger partial charge in [0.25, 0.3) is 5.91 Å². The highest BCUT2D eigenvalue weighted by molar-refractivity contribution is 6.33. The summed E-state index contributed by atoms with van der Waals surface area (Å²) in [4.78, 5) is 27.9. The first-order valence-corrected chi connectivity index (χ1v) is 8.87. The first-order valence-electron chi connectivity index (χ1n) is 8.49. The van der Waals surface area contributed by atoms with E-state index in [1.54, 1.807) is 29.2 Å². The van der Waals surface area contributed by atoms with Crippen molar-refractivity contribution in [1.29, 1.82) is 0 Å². The molecule has 1 fully saturated rings. The second-order valence-corrected chi connectivity index (χ2v) is 6.42. The number of amides is 3. The molecular formula is C17H21ClF3N3O3. The van der Waals surface area contributed by atoms with Crippen LogP contribution >= 0.6 is 11.6 Å². The Kier molecular flexibility index (Phi) is 7.73. The van der Waals surface area contributed by atoms with Gasteiger partial charge in [-0.3, -0.25) is 4.79 Å². The highest BCUT2D eigenvalue weighted by Crippen LogP contribution is 2.18. The molecule has 27 heavy (non-hydrogen) atoms. The molecule has 3 amide bonds. The fourth-order valence-corrected chi connectivity index (χ4v) is 2.88. The Morgan fingerprint density at radius 3 is 2.48 bits per heavy atom. The van der Waals surface area contributed by atoms with Crippen LogP contribution in [0.2, 0.25) is 5.02 Å². The first-order chi connectivity index (χ1) is 12.8. The van der Waals surface area contributed by atoms with Crippen LogP contribution in [0, 0.1) is 0 Å². The maximum atomic E-state index is 12.6. The van der Waals surface area contributed by atoms with E-state index in [1.807, 2.05) is 0 Å². The minimum absolute atomic E-state index is 0.0202. The number of carbonyl (C=O) groups is 2. The lowest BCUT2D eigenvalue weighted by atomic mass is 10.2. The van der Waals surface area contributed by atoms with E-state index < -0.39 is 18.8 Å². The van der Waals surface area contributed by atoms with Crippen LogP contribution < -0.4 is 5.32 Å². The summed E-state index contributed by atoms with van der Waals surface area (Å²) in [5.74, 6) is -0.191. The van der Waals surface area contributed by atoms with Crippen LogP contribution in [0.5, 0.6) is 0 Å². The van der Waals surface area contributed by atoms with Crippen LogP contribution in [0.4, 0.5) is 18.0 Å². The molecule has 0 radical (unpaired) electrons.